The molecule has 0 aromatic heterocycles. The molecule has 0 saturated carbocycles. The molecule has 0 atom stereocenters. The van der Waals surface area contributed by atoms with Crippen LogP contribution < -0.4 is 5.32 Å². The molecule has 7 heteroatoms. The lowest BCUT2D eigenvalue weighted by atomic mass is 10.0. The quantitative estimate of drug-likeness (QED) is 0.123. The molecule has 0 fully saturated rings. The third kappa shape index (κ3) is 33.7. The summed E-state index contributed by atoms with van der Waals surface area (Å²) in [4.78, 5) is 0. The molecule has 212 valence electrons. The highest BCUT2D eigenvalue weighted by Gasteiger charge is 1.96. The molecule has 0 aliphatic rings. The summed E-state index contributed by atoms with van der Waals surface area (Å²) in [6.45, 7) is 10.7. The average Bonchev–Trinajstić information content (AvgIpc) is 2.87. The van der Waals surface area contributed by atoms with E-state index in [2.05, 4.69) is 12.2 Å². The lowest BCUT2D eigenvalue weighted by molar-refractivity contribution is -0.0166. The lowest BCUT2D eigenvalue weighted by Gasteiger charge is -2.08. The third-order valence-corrected chi connectivity index (χ3v) is 5.75. The fraction of sp³-hybridized carbons (Fsp3) is 1.00. The molecule has 0 heterocycles. The second kappa shape index (κ2) is 33.7. The monoisotopic (exact) mass is 505 g/mol. The number of nitrogens with one attached hydrogen (secondary N) is 1. The fourth-order valence-electron chi connectivity index (χ4n) is 3.60. The molecule has 7 nitrogen and oxygen atoms in total. The summed E-state index contributed by atoms with van der Waals surface area (Å²) in [6, 6.07) is 0. The summed E-state index contributed by atoms with van der Waals surface area (Å²) in [5.41, 5.74) is 0. The summed E-state index contributed by atoms with van der Waals surface area (Å²) in [6.07, 6.45) is 17.9. The lowest BCUT2D eigenvalue weighted by Crippen LogP contribution is -2.17. The number of hydrogen-bond donors (Lipinski definition) is 1. The Labute approximate surface area is 217 Å². The molecular weight excluding hydrogens is 446 g/mol. The van der Waals surface area contributed by atoms with Crippen molar-refractivity contribution in [1.29, 1.82) is 0 Å². The van der Waals surface area contributed by atoms with Crippen molar-refractivity contribution in [3.63, 3.8) is 0 Å². The second-order valence-corrected chi connectivity index (χ2v) is 9.02. The van der Waals surface area contributed by atoms with Crippen LogP contribution in [0.15, 0.2) is 0 Å². The second-order valence-electron chi connectivity index (χ2n) is 9.02. The van der Waals surface area contributed by atoms with E-state index in [1.54, 1.807) is 0 Å². The van der Waals surface area contributed by atoms with Gasteiger partial charge in [-0.15, -0.1) is 0 Å². The Bertz CT molecular complexity index is 330. The summed E-state index contributed by atoms with van der Waals surface area (Å²) in [5, 5.41) is 3.03. The van der Waals surface area contributed by atoms with Gasteiger partial charge >= 0.3 is 0 Å². The van der Waals surface area contributed by atoms with Crippen molar-refractivity contribution in [3.05, 3.63) is 0 Å². The van der Waals surface area contributed by atoms with E-state index in [-0.39, 0.29) is 0 Å². The van der Waals surface area contributed by atoms with Crippen molar-refractivity contribution in [2.75, 3.05) is 92.9 Å². The molecule has 0 unspecified atom stereocenters. The number of hydrogen-bond acceptors (Lipinski definition) is 7. The summed E-state index contributed by atoms with van der Waals surface area (Å²) in [5.74, 6) is 0. The fourth-order valence-corrected chi connectivity index (χ4v) is 3.60. The minimum atomic E-state index is 0.574. The molecule has 0 spiro atoms. The van der Waals surface area contributed by atoms with Gasteiger partial charge in [0, 0.05) is 13.2 Å². The van der Waals surface area contributed by atoms with Gasteiger partial charge in [-0.25, -0.2) is 0 Å². The van der Waals surface area contributed by atoms with E-state index in [0.29, 0.717) is 72.7 Å². The number of ether oxygens (including phenoxy) is 6. The van der Waals surface area contributed by atoms with Gasteiger partial charge in [0.1, 0.15) is 0 Å². The first-order valence-corrected chi connectivity index (χ1v) is 14.5. The van der Waals surface area contributed by atoms with Gasteiger partial charge < -0.3 is 33.7 Å². The average molecular weight is 506 g/mol. The molecule has 0 aliphatic carbocycles. The maximum Gasteiger partial charge on any atom is 0.0701 e. The van der Waals surface area contributed by atoms with E-state index in [4.69, 9.17) is 28.4 Å². The van der Waals surface area contributed by atoms with Crippen LogP contribution in [-0.2, 0) is 28.4 Å². The minimum Gasteiger partial charge on any atom is -0.379 e. The molecule has 0 aromatic rings. The Hall–Kier alpha value is -0.280. The SMILES string of the molecule is CCCCCCCCCCCCCCCOCCOCCOCCOCCOCCOCCNC. The predicted octanol–water partition coefficient (Wildman–Crippen LogP) is 5.40. The Morgan fingerprint density at radius 2 is 0.629 bits per heavy atom. The summed E-state index contributed by atoms with van der Waals surface area (Å²) < 4.78 is 32.9. The first kappa shape index (κ1) is 34.7. The first-order chi connectivity index (χ1) is 17.4. The van der Waals surface area contributed by atoms with Crippen molar-refractivity contribution < 1.29 is 28.4 Å². The minimum absolute atomic E-state index is 0.574. The molecule has 0 aromatic carbocycles. The molecular formula is C28H59NO6. The molecule has 35 heavy (non-hydrogen) atoms. The van der Waals surface area contributed by atoms with Crippen LogP contribution in [0.1, 0.15) is 90.4 Å². The van der Waals surface area contributed by atoms with Gasteiger partial charge in [0.2, 0.25) is 0 Å². The first-order valence-electron chi connectivity index (χ1n) is 14.5. The van der Waals surface area contributed by atoms with Gasteiger partial charge in [-0.1, -0.05) is 84.0 Å². The van der Waals surface area contributed by atoms with Crippen LogP contribution >= 0.6 is 0 Å². The highest BCUT2D eigenvalue weighted by molar-refractivity contribution is 4.49. The number of unbranched alkanes of at least 4 members (excludes halogenated alkanes) is 12. The van der Waals surface area contributed by atoms with Gasteiger partial charge in [0.05, 0.1) is 72.7 Å². The van der Waals surface area contributed by atoms with E-state index in [0.717, 1.165) is 19.6 Å². The van der Waals surface area contributed by atoms with Crippen LogP contribution in [0.2, 0.25) is 0 Å². The van der Waals surface area contributed by atoms with Crippen LogP contribution in [0.3, 0.4) is 0 Å². The summed E-state index contributed by atoms with van der Waals surface area (Å²) in [7, 11) is 1.91. The highest BCUT2D eigenvalue weighted by Crippen LogP contribution is 2.12. The maximum atomic E-state index is 5.65. The van der Waals surface area contributed by atoms with Crippen molar-refractivity contribution in [2.24, 2.45) is 0 Å². The molecule has 1 N–H and O–H groups in total. The third-order valence-electron chi connectivity index (χ3n) is 5.75. The van der Waals surface area contributed by atoms with E-state index >= 15 is 0 Å². The predicted molar refractivity (Wildman–Crippen MR) is 145 cm³/mol. The topological polar surface area (TPSA) is 67.4 Å². The normalized spacial score (nSPS) is 11.5. The standard InChI is InChI=1S/C28H59NO6/c1-3-4-5-6-7-8-9-10-11-12-13-14-15-17-30-19-21-32-23-25-34-27-28-35-26-24-33-22-20-31-18-16-29-2/h29H,3-28H2,1-2H3. The van der Waals surface area contributed by atoms with Gasteiger partial charge in [-0.3, -0.25) is 0 Å². The Balaban J connectivity index is 3.00. The van der Waals surface area contributed by atoms with Crippen molar-refractivity contribution in [3.8, 4) is 0 Å². The van der Waals surface area contributed by atoms with Crippen LogP contribution in [0, 0.1) is 0 Å². The van der Waals surface area contributed by atoms with Crippen LogP contribution in [0.25, 0.3) is 0 Å². The highest BCUT2D eigenvalue weighted by atomic mass is 16.6. The zero-order valence-corrected chi connectivity index (χ0v) is 23.3. The molecule has 0 saturated heterocycles. The molecule has 0 rings (SSSR count). The molecule has 0 amide bonds. The molecule has 0 aliphatic heterocycles. The summed E-state index contributed by atoms with van der Waals surface area (Å²) >= 11 is 0. The van der Waals surface area contributed by atoms with Gasteiger partial charge in [0.15, 0.2) is 0 Å². The Morgan fingerprint density at radius 3 is 0.971 bits per heavy atom. The van der Waals surface area contributed by atoms with E-state index in [9.17, 15) is 0 Å². The van der Waals surface area contributed by atoms with Gasteiger partial charge in [-0.05, 0) is 13.5 Å². The largest absolute Gasteiger partial charge is 0.379 e. The van der Waals surface area contributed by atoms with Crippen LogP contribution in [0.5, 0.6) is 0 Å². The zero-order valence-electron chi connectivity index (χ0n) is 23.3. The van der Waals surface area contributed by atoms with Crippen LogP contribution in [0.4, 0.5) is 0 Å². The van der Waals surface area contributed by atoms with E-state index < -0.39 is 0 Å². The number of rotatable bonds is 32. The zero-order chi connectivity index (χ0) is 25.3. The van der Waals surface area contributed by atoms with Crippen LogP contribution in [-0.4, -0.2) is 92.9 Å². The Morgan fingerprint density at radius 1 is 0.343 bits per heavy atom. The van der Waals surface area contributed by atoms with E-state index in [1.807, 2.05) is 7.05 Å². The van der Waals surface area contributed by atoms with Gasteiger partial charge in [-0.2, -0.15) is 0 Å². The van der Waals surface area contributed by atoms with E-state index in [1.165, 1.54) is 77.0 Å². The van der Waals surface area contributed by atoms with Crippen molar-refractivity contribution in [2.45, 2.75) is 90.4 Å². The Kier molecular flexibility index (Phi) is 33.5. The maximum absolute atomic E-state index is 5.65. The van der Waals surface area contributed by atoms with Gasteiger partial charge in [0.25, 0.3) is 0 Å². The number of likely N-dealkylation sites (N-methyl/N-ethyl adjacent to an activating group) is 1. The smallest absolute Gasteiger partial charge is 0.0701 e. The molecule has 0 radical (unpaired) electrons. The van der Waals surface area contributed by atoms with Crippen molar-refractivity contribution in [1.82, 2.24) is 5.32 Å². The van der Waals surface area contributed by atoms with Crippen molar-refractivity contribution >= 4 is 0 Å². The molecule has 0 bridgehead atoms.